The van der Waals surface area contributed by atoms with Crippen LogP contribution in [0.25, 0.3) is 0 Å². The van der Waals surface area contributed by atoms with Crippen LogP contribution in [0.2, 0.25) is 0 Å². The van der Waals surface area contributed by atoms with E-state index in [1.54, 1.807) is 35.6 Å². The number of carbonyl (C=O) groups is 1. The minimum Gasteiger partial charge on any atom is -0.447 e. The Labute approximate surface area is 141 Å². The van der Waals surface area contributed by atoms with E-state index in [1.165, 1.54) is 4.88 Å². The Morgan fingerprint density at radius 2 is 1.87 bits per heavy atom. The van der Waals surface area contributed by atoms with Gasteiger partial charge in [0, 0.05) is 17.0 Å². The summed E-state index contributed by atoms with van der Waals surface area (Å²) in [6, 6.07) is 10.9. The SMILES string of the molecule is CC(C)(C)CCNCc1ccc(Oc2ccc(C(N)=O)cc2)s1. The van der Waals surface area contributed by atoms with Crippen molar-refractivity contribution in [1.29, 1.82) is 0 Å². The Morgan fingerprint density at radius 1 is 1.17 bits per heavy atom. The van der Waals surface area contributed by atoms with Crippen LogP contribution in [-0.4, -0.2) is 12.5 Å². The van der Waals surface area contributed by atoms with Gasteiger partial charge >= 0.3 is 0 Å². The fourth-order valence-corrected chi connectivity index (χ4v) is 2.83. The summed E-state index contributed by atoms with van der Waals surface area (Å²) in [5, 5.41) is 4.30. The van der Waals surface area contributed by atoms with Crippen LogP contribution in [-0.2, 0) is 6.54 Å². The minimum atomic E-state index is -0.434. The highest BCUT2D eigenvalue weighted by Crippen LogP contribution is 2.29. The lowest BCUT2D eigenvalue weighted by molar-refractivity contribution is 0.100. The number of benzene rings is 1. The van der Waals surface area contributed by atoms with Crippen molar-refractivity contribution in [3.63, 3.8) is 0 Å². The van der Waals surface area contributed by atoms with Gasteiger partial charge in [-0.1, -0.05) is 20.8 Å². The molecule has 124 valence electrons. The highest BCUT2D eigenvalue weighted by Gasteiger charge is 2.09. The molecule has 3 N–H and O–H groups in total. The van der Waals surface area contributed by atoms with Crippen molar-refractivity contribution >= 4 is 17.2 Å². The third kappa shape index (κ3) is 6.04. The van der Waals surface area contributed by atoms with E-state index in [0.29, 0.717) is 16.7 Å². The second-order valence-corrected chi connectivity index (χ2v) is 7.83. The van der Waals surface area contributed by atoms with Crippen LogP contribution < -0.4 is 15.8 Å². The van der Waals surface area contributed by atoms with Crippen LogP contribution in [0.15, 0.2) is 36.4 Å². The predicted octanol–water partition coefficient (Wildman–Crippen LogP) is 4.17. The number of hydrogen-bond donors (Lipinski definition) is 2. The maximum atomic E-state index is 11.0. The molecule has 0 aliphatic carbocycles. The smallest absolute Gasteiger partial charge is 0.248 e. The van der Waals surface area contributed by atoms with Crippen LogP contribution in [0.4, 0.5) is 0 Å². The molecule has 0 radical (unpaired) electrons. The lowest BCUT2D eigenvalue weighted by atomic mass is 9.92. The molecule has 5 heteroatoms. The average molecular weight is 332 g/mol. The standard InChI is InChI=1S/C18H24N2O2S/c1-18(2,3)10-11-20-12-15-8-9-16(23-15)22-14-6-4-13(5-7-14)17(19)21/h4-9,20H,10-12H2,1-3H3,(H2,19,21). The zero-order valence-corrected chi connectivity index (χ0v) is 14.7. The zero-order valence-electron chi connectivity index (χ0n) is 13.9. The molecule has 0 bridgehead atoms. The monoisotopic (exact) mass is 332 g/mol. The molecule has 0 aliphatic rings. The summed E-state index contributed by atoms with van der Waals surface area (Å²) >= 11 is 1.62. The summed E-state index contributed by atoms with van der Waals surface area (Å²) in [5.74, 6) is 0.264. The van der Waals surface area contributed by atoms with E-state index in [9.17, 15) is 4.79 Å². The molecule has 0 spiro atoms. The normalized spacial score (nSPS) is 11.4. The molecule has 0 aliphatic heterocycles. The summed E-state index contributed by atoms with van der Waals surface area (Å²) in [7, 11) is 0. The number of nitrogens with two attached hydrogens (primary N) is 1. The van der Waals surface area contributed by atoms with Crippen molar-refractivity contribution in [2.75, 3.05) is 6.54 Å². The Hall–Kier alpha value is -1.85. The molecule has 0 atom stereocenters. The first-order valence-corrected chi connectivity index (χ1v) is 8.52. The maximum Gasteiger partial charge on any atom is 0.248 e. The predicted molar refractivity (Wildman–Crippen MR) is 95.1 cm³/mol. The second-order valence-electron chi connectivity index (χ2n) is 6.70. The Morgan fingerprint density at radius 3 is 2.48 bits per heavy atom. The topological polar surface area (TPSA) is 64.3 Å². The summed E-state index contributed by atoms with van der Waals surface area (Å²) in [6.07, 6.45) is 1.15. The molecular formula is C18H24N2O2S. The molecule has 0 fully saturated rings. The number of ether oxygens (including phenoxy) is 1. The largest absolute Gasteiger partial charge is 0.447 e. The lowest BCUT2D eigenvalue weighted by Crippen LogP contribution is -2.19. The second kappa shape index (κ2) is 7.62. The van der Waals surface area contributed by atoms with Gasteiger partial charge in [-0.15, -0.1) is 11.3 Å². The summed E-state index contributed by atoms with van der Waals surface area (Å²) < 4.78 is 5.79. The van der Waals surface area contributed by atoms with Gasteiger partial charge in [0.05, 0.1) is 0 Å². The van der Waals surface area contributed by atoms with E-state index in [2.05, 4.69) is 32.2 Å². The molecule has 0 saturated heterocycles. The minimum absolute atomic E-state index is 0.355. The van der Waals surface area contributed by atoms with Gasteiger partial charge in [-0.25, -0.2) is 0 Å². The lowest BCUT2D eigenvalue weighted by Gasteiger charge is -2.17. The van der Waals surface area contributed by atoms with Crippen LogP contribution in [0.1, 0.15) is 42.4 Å². The van der Waals surface area contributed by atoms with E-state index in [-0.39, 0.29) is 0 Å². The first kappa shape index (κ1) is 17.5. The third-order valence-corrected chi connectivity index (χ3v) is 4.31. The van der Waals surface area contributed by atoms with Crippen LogP contribution in [0, 0.1) is 5.41 Å². The van der Waals surface area contributed by atoms with E-state index in [1.807, 2.05) is 6.07 Å². The van der Waals surface area contributed by atoms with Gasteiger partial charge in [0.2, 0.25) is 5.91 Å². The third-order valence-electron chi connectivity index (χ3n) is 3.35. The van der Waals surface area contributed by atoms with Crippen LogP contribution in [0.3, 0.4) is 0 Å². The highest BCUT2D eigenvalue weighted by atomic mass is 32.1. The van der Waals surface area contributed by atoms with Crippen LogP contribution in [0.5, 0.6) is 10.8 Å². The summed E-state index contributed by atoms with van der Waals surface area (Å²) in [6.45, 7) is 8.59. The first-order valence-electron chi connectivity index (χ1n) is 7.71. The average Bonchev–Trinajstić information content (AvgIpc) is 2.91. The number of hydrogen-bond acceptors (Lipinski definition) is 4. The van der Waals surface area contributed by atoms with Crippen molar-refractivity contribution < 1.29 is 9.53 Å². The van der Waals surface area contributed by atoms with E-state index in [0.717, 1.165) is 24.6 Å². The van der Waals surface area contributed by atoms with Crippen molar-refractivity contribution in [2.24, 2.45) is 11.1 Å². The number of carbonyl (C=O) groups excluding carboxylic acids is 1. The Kier molecular flexibility index (Phi) is 5.80. The molecule has 0 saturated carbocycles. The molecule has 4 nitrogen and oxygen atoms in total. The fraction of sp³-hybridized carbons (Fsp3) is 0.389. The highest BCUT2D eigenvalue weighted by molar-refractivity contribution is 7.13. The molecule has 1 aromatic carbocycles. The Bertz CT molecular complexity index is 642. The van der Waals surface area contributed by atoms with Gasteiger partial charge in [0.15, 0.2) is 5.06 Å². The molecule has 2 aromatic rings. The first-order chi connectivity index (χ1) is 10.8. The summed E-state index contributed by atoms with van der Waals surface area (Å²) in [5.41, 5.74) is 6.05. The molecule has 2 rings (SSSR count). The van der Waals surface area contributed by atoms with Gasteiger partial charge < -0.3 is 15.8 Å². The van der Waals surface area contributed by atoms with Gasteiger partial charge in [0.25, 0.3) is 0 Å². The molecule has 23 heavy (non-hydrogen) atoms. The van der Waals surface area contributed by atoms with Crippen molar-refractivity contribution in [3.8, 4) is 10.8 Å². The number of nitrogens with one attached hydrogen (secondary N) is 1. The van der Waals surface area contributed by atoms with Crippen molar-refractivity contribution in [3.05, 3.63) is 46.8 Å². The van der Waals surface area contributed by atoms with Crippen LogP contribution >= 0.6 is 11.3 Å². The fourth-order valence-electron chi connectivity index (χ4n) is 1.99. The molecule has 1 aromatic heterocycles. The van der Waals surface area contributed by atoms with Gasteiger partial charge in [0.1, 0.15) is 5.75 Å². The molecule has 1 amide bonds. The number of rotatable bonds is 7. The number of amides is 1. The Balaban J connectivity index is 1.83. The zero-order chi connectivity index (χ0) is 16.9. The van der Waals surface area contributed by atoms with E-state index in [4.69, 9.17) is 10.5 Å². The van der Waals surface area contributed by atoms with Gasteiger partial charge in [-0.3, -0.25) is 4.79 Å². The van der Waals surface area contributed by atoms with E-state index < -0.39 is 5.91 Å². The van der Waals surface area contributed by atoms with E-state index >= 15 is 0 Å². The number of primary amides is 1. The maximum absolute atomic E-state index is 11.0. The molecule has 0 unspecified atom stereocenters. The molecular weight excluding hydrogens is 308 g/mol. The number of thiophene rings is 1. The summed E-state index contributed by atoms with van der Waals surface area (Å²) in [4.78, 5) is 12.3. The van der Waals surface area contributed by atoms with Gasteiger partial charge in [-0.05, 0) is 54.8 Å². The van der Waals surface area contributed by atoms with Gasteiger partial charge in [-0.2, -0.15) is 0 Å². The quantitative estimate of drug-likeness (QED) is 0.748. The molecule has 1 heterocycles. The van der Waals surface area contributed by atoms with Crippen molar-refractivity contribution in [1.82, 2.24) is 5.32 Å². The van der Waals surface area contributed by atoms with Crippen molar-refractivity contribution in [2.45, 2.75) is 33.7 Å².